The van der Waals surface area contributed by atoms with Crippen molar-refractivity contribution in [2.45, 2.75) is 51.6 Å². The number of carbonyl (C=O) groups is 2. The normalized spacial score (nSPS) is 18.2. The smallest absolute Gasteiger partial charge is 0.267 e. The fourth-order valence-electron chi connectivity index (χ4n) is 3.98. The molecule has 1 unspecified atom stereocenters. The van der Waals surface area contributed by atoms with Gasteiger partial charge in [0.25, 0.3) is 5.91 Å². The second-order valence-corrected chi connectivity index (χ2v) is 8.56. The number of nitrogens with zero attached hydrogens (tertiary/aromatic N) is 4. The van der Waals surface area contributed by atoms with Gasteiger partial charge in [-0.05, 0) is 31.4 Å². The molecule has 8 nitrogen and oxygen atoms in total. The van der Waals surface area contributed by atoms with Crippen LogP contribution in [0.4, 0.5) is 23.1 Å². The largest absolute Gasteiger partial charge is 0.478 e. The number of carbonyl (C=O) groups excluding carboxylic acids is 2. The Morgan fingerprint density at radius 3 is 2.81 bits per heavy atom. The lowest BCUT2D eigenvalue weighted by atomic mass is 10.1. The van der Waals surface area contributed by atoms with Crippen LogP contribution in [-0.4, -0.2) is 47.9 Å². The van der Waals surface area contributed by atoms with Gasteiger partial charge >= 0.3 is 0 Å². The average molecular weight is 458 g/mol. The van der Waals surface area contributed by atoms with Gasteiger partial charge in [0.15, 0.2) is 11.9 Å². The summed E-state index contributed by atoms with van der Waals surface area (Å²) in [6, 6.07) is 5.50. The molecule has 1 saturated heterocycles. The average Bonchev–Trinajstić information content (AvgIpc) is 2.82. The number of amides is 1. The lowest BCUT2D eigenvalue weighted by Crippen LogP contribution is -2.43. The number of piperidine rings is 1. The summed E-state index contributed by atoms with van der Waals surface area (Å²) >= 11 is 6.36. The minimum absolute atomic E-state index is 0.119. The Labute approximate surface area is 192 Å². The lowest BCUT2D eigenvalue weighted by molar-refractivity contribution is -0.127. The van der Waals surface area contributed by atoms with E-state index in [0.29, 0.717) is 47.5 Å². The molecule has 2 aliphatic rings. The molecule has 4 rings (SSSR count). The first kappa shape index (κ1) is 22.3. The second kappa shape index (κ2) is 9.73. The van der Waals surface area contributed by atoms with E-state index in [0.717, 1.165) is 31.6 Å². The number of hydrogen-bond donors (Lipinski definition) is 1. The van der Waals surface area contributed by atoms with Gasteiger partial charge < -0.3 is 19.9 Å². The van der Waals surface area contributed by atoms with Gasteiger partial charge in [-0.15, -0.1) is 0 Å². The first-order valence-electron chi connectivity index (χ1n) is 11.1. The van der Waals surface area contributed by atoms with E-state index in [1.54, 1.807) is 18.1 Å². The fraction of sp³-hybridized carbons (Fsp3) is 0.478. The van der Waals surface area contributed by atoms with Gasteiger partial charge in [-0.1, -0.05) is 18.5 Å². The van der Waals surface area contributed by atoms with Crippen molar-refractivity contribution >= 4 is 46.4 Å². The third kappa shape index (κ3) is 4.80. The third-order valence-corrected chi connectivity index (χ3v) is 6.19. The summed E-state index contributed by atoms with van der Waals surface area (Å²) in [5.74, 6) is 1.73. The van der Waals surface area contributed by atoms with Crippen molar-refractivity contribution in [3.8, 4) is 5.75 Å². The Kier molecular flexibility index (Phi) is 6.79. The summed E-state index contributed by atoms with van der Waals surface area (Å²) in [5.41, 5.74) is 1.42. The molecule has 1 aromatic heterocycles. The van der Waals surface area contributed by atoms with Crippen molar-refractivity contribution in [3.05, 3.63) is 29.4 Å². The molecule has 0 aliphatic carbocycles. The zero-order valence-electron chi connectivity index (χ0n) is 18.4. The summed E-state index contributed by atoms with van der Waals surface area (Å²) in [6.45, 7) is 3.70. The van der Waals surface area contributed by atoms with Crippen molar-refractivity contribution in [2.24, 2.45) is 0 Å². The predicted molar refractivity (Wildman–Crippen MR) is 125 cm³/mol. The molecular weight excluding hydrogens is 430 g/mol. The van der Waals surface area contributed by atoms with Gasteiger partial charge in [0.1, 0.15) is 16.6 Å². The van der Waals surface area contributed by atoms with E-state index in [-0.39, 0.29) is 11.7 Å². The van der Waals surface area contributed by atoms with Crippen LogP contribution in [0.1, 0.15) is 45.4 Å². The van der Waals surface area contributed by atoms with Crippen molar-refractivity contribution in [1.82, 2.24) is 9.97 Å². The highest BCUT2D eigenvalue weighted by Crippen LogP contribution is 2.37. The summed E-state index contributed by atoms with van der Waals surface area (Å²) in [7, 11) is 1.72. The molecule has 1 fully saturated rings. The van der Waals surface area contributed by atoms with E-state index in [4.69, 9.17) is 16.3 Å². The van der Waals surface area contributed by atoms with Crippen LogP contribution in [0.2, 0.25) is 5.02 Å². The summed E-state index contributed by atoms with van der Waals surface area (Å²) in [5, 5.41) is 3.68. The number of likely N-dealkylation sites (N-methyl/N-ethyl adjacent to an activating group) is 1. The molecule has 3 heterocycles. The number of benzene rings is 1. The fourth-order valence-corrected chi connectivity index (χ4v) is 4.12. The van der Waals surface area contributed by atoms with Gasteiger partial charge in [0, 0.05) is 51.2 Å². The highest BCUT2D eigenvalue weighted by molar-refractivity contribution is 6.32. The molecule has 0 spiro atoms. The SMILES string of the molecule is CCC(=O)CCC1Oc2cc(Nc3nc(N4CCCCC4)ncc3Cl)ccc2N(C)C1=O. The minimum atomic E-state index is -0.674. The minimum Gasteiger partial charge on any atom is -0.478 e. The number of aromatic nitrogens is 2. The van der Waals surface area contributed by atoms with E-state index in [1.165, 1.54) is 6.42 Å². The van der Waals surface area contributed by atoms with Gasteiger partial charge in [-0.25, -0.2) is 4.98 Å². The van der Waals surface area contributed by atoms with Crippen LogP contribution in [0.15, 0.2) is 24.4 Å². The molecule has 1 N–H and O–H groups in total. The van der Waals surface area contributed by atoms with Gasteiger partial charge in [0.2, 0.25) is 5.95 Å². The molecule has 1 aromatic carbocycles. The molecule has 2 aromatic rings. The number of rotatable bonds is 7. The quantitative estimate of drug-likeness (QED) is 0.661. The molecule has 0 bridgehead atoms. The van der Waals surface area contributed by atoms with Crippen molar-refractivity contribution < 1.29 is 14.3 Å². The molecule has 1 atom stereocenters. The van der Waals surface area contributed by atoms with Crippen LogP contribution in [0.25, 0.3) is 0 Å². The first-order chi connectivity index (χ1) is 15.5. The van der Waals surface area contributed by atoms with Gasteiger partial charge in [0.05, 0.1) is 11.9 Å². The topological polar surface area (TPSA) is 87.7 Å². The molecular formula is C23H28ClN5O3. The number of halogens is 1. The van der Waals surface area contributed by atoms with Crippen LogP contribution in [0.5, 0.6) is 5.75 Å². The predicted octanol–water partition coefficient (Wildman–Crippen LogP) is 4.35. The third-order valence-electron chi connectivity index (χ3n) is 5.91. The zero-order chi connectivity index (χ0) is 22.7. The van der Waals surface area contributed by atoms with E-state index in [9.17, 15) is 9.59 Å². The maximum atomic E-state index is 12.6. The first-order valence-corrected chi connectivity index (χ1v) is 11.5. The zero-order valence-corrected chi connectivity index (χ0v) is 19.2. The Morgan fingerprint density at radius 1 is 1.28 bits per heavy atom. The number of Topliss-reactive ketones (excluding diaryl/α,β-unsaturated/α-hetero) is 1. The lowest BCUT2D eigenvalue weighted by Gasteiger charge is -2.32. The summed E-state index contributed by atoms with van der Waals surface area (Å²) < 4.78 is 5.98. The van der Waals surface area contributed by atoms with E-state index >= 15 is 0 Å². The van der Waals surface area contributed by atoms with E-state index in [1.807, 2.05) is 25.1 Å². The van der Waals surface area contributed by atoms with Gasteiger partial charge in [-0.3, -0.25) is 9.59 Å². The summed E-state index contributed by atoms with van der Waals surface area (Å²) in [6.07, 6.45) is 5.58. The maximum Gasteiger partial charge on any atom is 0.267 e. The molecule has 9 heteroatoms. The number of ether oxygens (including phenoxy) is 1. The Bertz CT molecular complexity index is 1010. The van der Waals surface area contributed by atoms with Crippen LogP contribution in [-0.2, 0) is 9.59 Å². The van der Waals surface area contributed by atoms with Crippen LogP contribution in [0, 0.1) is 0 Å². The van der Waals surface area contributed by atoms with Crippen LogP contribution >= 0.6 is 11.6 Å². The number of anilines is 4. The van der Waals surface area contributed by atoms with E-state index in [2.05, 4.69) is 20.2 Å². The molecule has 32 heavy (non-hydrogen) atoms. The number of nitrogens with one attached hydrogen (secondary N) is 1. The second-order valence-electron chi connectivity index (χ2n) is 8.16. The van der Waals surface area contributed by atoms with E-state index < -0.39 is 6.10 Å². The molecule has 0 saturated carbocycles. The monoisotopic (exact) mass is 457 g/mol. The van der Waals surface area contributed by atoms with Crippen LogP contribution in [0.3, 0.4) is 0 Å². The number of ketones is 1. The van der Waals surface area contributed by atoms with Crippen molar-refractivity contribution in [1.29, 1.82) is 0 Å². The number of hydrogen-bond acceptors (Lipinski definition) is 7. The molecule has 2 aliphatic heterocycles. The molecule has 170 valence electrons. The van der Waals surface area contributed by atoms with Crippen molar-refractivity contribution in [2.75, 3.05) is 35.3 Å². The summed E-state index contributed by atoms with van der Waals surface area (Å²) in [4.78, 5) is 37.1. The Hall–Kier alpha value is -2.87. The highest BCUT2D eigenvalue weighted by Gasteiger charge is 2.32. The Morgan fingerprint density at radius 2 is 2.06 bits per heavy atom. The standard InChI is InChI=1S/C23H28ClN5O3/c1-3-16(30)8-10-19-22(31)28(2)18-9-7-15(13-20(18)32-19)26-21-17(24)14-25-23(27-21)29-11-5-4-6-12-29/h7,9,13-14,19H,3-6,8,10-12H2,1-2H3,(H,25,26,27). The molecule has 1 amide bonds. The number of fused-ring (bicyclic) bond motifs is 1. The van der Waals surface area contributed by atoms with Gasteiger partial charge in [-0.2, -0.15) is 4.98 Å². The van der Waals surface area contributed by atoms with Crippen molar-refractivity contribution in [3.63, 3.8) is 0 Å². The molecule has 0 radical (unpaired) electrons. The Balaban J connectivity index is 1.53. The highest BCUT2D eigenvalue weighted by atomic mass is 35.5. The van der Waals surface area contributed by atoms with Crippen LogP contribution < -0.4 is 19.9 Å². The maximum absolute atomic E-state index is 12.6.